The number of aromatic amines is 2. The summed E-state index contributed by atoms with van der Waals surface area (Å²) < 4.78 is 5.45. The molecule has 18 heavy (non-hydrogen) atoms. The average Bonchev–Trinajstić information content (AvgIpc) is 2.36. The standard InChI is InChI=1S/C13H14N2O3/c1-2-7-18-10-5-3-9(4-6-10)11-8-12(16)15-13(17)14-11/h3-6,8H,2,7H2,1H3,(H2,14,15,16,17). The van der Waals surface area contributed by atoms with Gasteiger partial charge in [-0.2, -0.15) is 0 Å². The van der Waals surface area contributed by atoms with Crippen molar-refractivity contribution >= 4 is 0 Å². The molecule has 0 spiro atoms. The van der Waals surface area contributed by atoms with Crippen molar-refractivity contribution < 1.29 is 4.74 Å². The lowest BCUT2D eigenvalue weighted by atomic mass is 10.1. The summed E-state index contributed by atoms with van der Waals surface area (Å²) in [5.41, 5.74) is 0.330. The Kier molecular flexibility index (Phi) is 3.62. The van der Waals surface area contributed by atoms with Gasteiger partial charge in [0.15, 0.2) is 0 Å². The molecular formula is C13H14N2O3. The highest BCUT2D eigenvalue weighted by molar-refractivity contribution is 5.59. The first-order valence-corrected chi connectivity index (χ1v) is 5.76. The molecule has 5 heteroatoms. The Morgan fingerprint density at radius 2 is 1.83 bits per heavy atom. The van der Waals surface area contributed by atoms with Gasteiger partial charge in [0.2, 0.25) is 0 Å². The molecule has 1 aromatic carbocycles. The molecule has 0 aliphatic rings. The number of ether oxygens (including phenoxy) is 1. The van der Waals surface area contributed by atoms with Crippen LogP contribution in [0.15, 0.2) is 39.9 Å². The van der Waals surface area contributed by atoms with E-state index in [4.69, 9.17) is 4.74 Å². The quantitative estimate of drug-likeness (QED) is 0.858. The van der Waals surface area contributed by atoms with E-state index in [9.17, 15) is 9.59 Å². The molecule has 1 heterocycles. The highest BCUT2D eigenvalue weighted by Gasteiger charge is 2.01. The minimum Gasteiger partial charge on any atom is -0.494 e. The largest absolute Gasteiger partial charge is 0.494 e. The van der Waals surface area contributed by atoms with Crippen LogP contribution in [0.3, 0.4) is 0 Å². The maximum absolute atomic E-state index is 11.2. The minimum atomic E-state index is -0.510. The van der Waals surface area contributed by atoms with Gasteiger partial charge < -0.3 is 9.72 Å². The number of aromatic nitrogens is 2. The maximum Gasteiger partial charge on any atom is 0.326 e. The zero-order valence-electron chi connectivity index (χ0n) is 10.0. The second-order valence-corrected chi connectivity index (χ2v) is 3.87. The lowest BCUT2D eigenvalue weighted by Gasteiger charge is -2.05. The fourth-order valence-corrected chi connectivity index (χ4v) is 1.57. The topological polar surface area (TPSA) is 75.0 Å². The fourth-order valence-electron chi connectivity index (χ4n) is 1.57. The molecule has 0 unspecified atom stereocenters. The summed E-state index contributed by atoms with van der Waals surface area (Å²) in [6.07, 6.45) is 0.948. The Labute approximate surface area is 103 Å². The molecule has 0 atom stereocenters. The average molecular weight is 246 g/mol. The summed E-state index contributed by atoms with van der Waals surface area (Å²) in [5, 5.41) is 0. The smallest absolute Gasteiger partial charge is 0.326 e. The molecular weight excluding hydrogens is 232 g/mol. The molecule has 2 N–H and O–H groups in total. The maximum atomic E-state index is 11.2. The third-order valence-electron chi connectivity index (χ3n) is 2.40. The van der Waals surface area contributed by atoms with E-state index in [1.165, 1.54) is 6.07 Å². The van der Waals surface area contributed by atoms with Gasteiger partial charge in [-0.1, -0.05) is 6.92 Å². The van der Waals surface area contributed by atoms with Crippen molar-refractivity contribution in [3.05, 3.63) is 51.2 Å². The first-order chi connectivity index (χ1) is 8.69. The van der Waals surface area contributed by atoms with Crippen LogP contribution < -0.4 is 16.0 Å². The van der Waals surface area contributed by atoms with E-state index in [1.807, 2.05) is 19.1 Å². The molecule has 0 saturated carbocycles. The number of benzene rings is 1. The van der Waals surface area contributed by atoms with Crippen LogP contribution >= 0.6 is 0 Å². The molecule has 0 bridgehead atoms. The van der Waals surface area contributed by atoms with Crippen LogP contribution in [0, 0.1) is 0 Å². The predicted octanol–water partition coefficient (Wildman–Crippen LogP) is 1.52. The Morgan fingerprint density at radius 1 is 1.11 bits per heavy atom. The molecule has 0 fully saturated rings. The van der Waals surface area contributed by atoms with E-state index in [0.717, 1.165) is 17.7 Å². The van der Waals surface area contributed by atoms with E-state index in [-0.39, 0.29) is 0 Å². The first kappa shape index (κ1) is 12.2. The van der Waals surface area contributed by atoms with Crippen LogP contribution in [0.2, 0.25) is 0 Å². The van der Waals surface area contributed by atoms with Gasteiger partial charge in [0, 0.05) is 6.07 Å². The van der Waals surface area contributed by atoms with Gasteiger partial charge in [-0.25, -0.2) is 4.79 Å². The van der Waals surface area contributed by atoms with Gasteiger partial charge in [0.1, 0.15) is 5.75 Å². The van der Waals surface area contributed by atoms with Crippen LogP contribution in [-0.2, 0) is 0 Å². The molecule has 0 saturated heterocycles. The van der Waals surface area contributed by atoms with Crippen molar-refractivity contribution in [2.75, 3.05) is 6.61 Å². The lowest BCUT2D eigenvalue weighted by Crippen LogP contribution is -2.21. The van der Waals surface area contributed by atoms with Crippen LogP contribution in [-0.4, -0.2) is 16.6 Å². The highest BCUT2D eigenvalue weighted by Crippen LogP contribution is 2.19. The molecule has 94 valence electrons. The van der Waals surface area contributed by atoms with Gasteiger partial charge in [-0.15, -0.1) is 0 Å². The van der Waals surface area contributed by atoms with Crippen molar-refractivity contribution in [1.82, 2.24) is 9.97 Å². The second kappa shape index (κ2) is 5.35. The molecule has 0 amide bonds. The minimum absolute atomic E-state index is 0.417. The van der Waals surface area contributed by atoms with E-state index >= 15 is 0 Å². The van der Waals surface area contributed by atoms with E-state index in [0.29, 0.717) is 12.3 Å². The summed E-state index contributed by atoms with van der Waals surface area (Å²) in [6, 6.07) is 8.57. The summed E-state index contributed by atoms with van der Waals surface area (Å²) in [5.74, 6) is 0.771. The highest BCUT2D eigenvalue weighted by atomic mass is 16.5. The van der Waals surface area contributed by atoms with Gasteiger partial charge in [0.25, 0.3) is 5.56 Å². The summed E-state index contributed by atoms with van der Waals surface area (Å²) >= 11 is 0. The Balaban J connectivity index is 2.28. The lowest BCUT2D eigenvalue weighted by molar-refractivity contribution is 0.317. The van der Waals surface area contributed by atoms with Gasteiger partial charge >= 0.3 is 5.69 Å². The second-order valence-electron chi connectivity index (χ2n) is 3.87. The molecule has 5 nitrogen and oxygen atoms in total. The molecule has 2 aromatic rings. The van der Waals surface area contributed by atoms with Crippen LogP contribution in [0.1, 0.15) is 13.3 Å². The van der Waals surface area contributed by atoms with Crippen LogP contribution in [0.25, 0.3) is 11.3 Å². The number of H-pyrrole nitrogens is 2. The van der Waals surface area contributed by atoms with Crippen molar-refractivity contribution in [3.63, 3.8) is 0 Å². The Hall–Kier alpha value is -2.30. The zero-order chi connectivity index (χ0) is 13.0. The SMILES string of the molecule is CCCOc1ccc(-c2cc(=O)[nH]c(=O)[nH]2)cc1. The summed E-state index contributed by atoms with van der Waals surface area (Å²) in [4.78, 5) is 27.1. The third kappa shape index (κ3) is 2.88. The number of hydrogen-bond acceptors (Lipinski definition) is 3. The first-order valence-electron chi connectivity index (χ1n) is 5.76. The number of hydrogen-bond donors (Lipinski definition) is 2. The molecule has 0 radical (unpaired) electrons. The monoisotopic (exact) mass is 246 g/mol. The molecule has 0 aliphatic heterocycles. The summed E-state index contributed by atoms with van der Waals surface area (Å²) in [6.45, 7) is 2.70. The summed E-state index contributed by atoms with van der Waals surface area (Å²) in [7, 11) is 0. The van der Waals surface area contributed by atoms with Crippen molar-refractivity contribution in [2.24, 2.45) is 0 Å². The van der Waals surface area contributed by atoms with E-state index in [2.05, 4.69) is 9.97 Å². The van der Waals surface area contributed by atoms with Crippen molar-refractivity contribution in [2.45, 2.75) is 13.3 Å². The fraction of sp³-hybridized carbons (Fsp3) is 0.231. The normalized spacial score (nSPS) is 10.3. The molecule has 1 aromatic heterocycles. The Morgan fingerprint density at radius 3 is 2.44 bits per heavy atom. The molecule has 0 aliphatic carbocycles. The molecule has 2 rings (SSSR count). The number of rotatable bonds is 4. The number of nitrogens with one attached hydrogen (secondary N) is 2. The van der Waals surface area contributed by atoms with Crippen LogP contribution in [0.5, 0.6) is 5.75 Å². The third-order valence-corrected chi connectivity index (χ3v) is 2.40. The van der Waals surface area contributed by atoms with Crippen molar-refractivity contribution in [3.8, 4) is 17.0 Å². The Bertz CT molecular complexity index is 597. The van der Waals surface area contributed by atoms with Crippen molar-refractivity contribution in [1.29, 1.82) is 0 Å². The van der Waals surface area contributed by atoms with E-state index in [1.54, 1.807) is 12.1 Å². The van der Waals surface area contributed by atoms with Gasteiger partial charge in [0.05, 0.1) is 12.3 Å². The van der Waals surface area contributed by atoms with E-state index < -0.39 is 11.2 Å². The predicted molar refractivity (Wildman–Crippen MR) is 68.9 cm³/mol. The van der Waals surface area contributed by atoms with Gasteiger partial charge in [-0.05, 0) is 36.2 Å². The van der Waals surface area contributed by atoms with Crippen LogP contribution in [0.4, 0.5) is 0 Å². The zero-order valence-corrected chi connectivity index (χ0v) is 10.0. The van der Waals surface area contributed by atoms with Gasteiger partial charge in [-0.3, -0.25) is 9.78 Å².